The van der Waals surface area contributed by atoms with Crippen molar-refractivity contribution in [3.05, 3.63) is 47.3 Å². The summed E-state index contributed by atoms with van der Waals surface area (Å²) in [6, 6.07) is 7.59. The molecule has 1 aliphatic heterocycles. The quantitative estimate of drug-likeness (QED) is 0.837. The number of rotatable bonds is 4. The molecule has 2 fully saturated rings. The standard InChI is InChI=1S/C18H20F3N3O/c19-18(20,21)14-2-1-3-16(10-14)24-8-6-23(7-9-24)12-15-11-17(25-22-15)13-4-5-13/h1-3,10-11,13H,4-9,12H2. The van der Waals surface area contributed by atoms with E-state index in [0.29, 0.717) is 24.7 Å². The van der Waals surface area contributed by atoms with Gasteiger partial charge in [-0.25, -0.2) is 0 Å². The van der Waals surface area contributed by atoms with Crippen LogP contribution in [0.15, 0.2) is 34.9 Å². The highest BCUT2D eigenvalue weighted by Crippen LogP contribution is 2.40. The van der Waals surface area contributed by atoms with E-state index in [-0.39, 0.29) is 0 Å². The minimum absolute atomic E-state index is 0.555. The molecule has 1 aliphatic carbocycles. The molecule has 134 valence electrons. The second-order valence-electron chi connectivity index (χ2n) is 6.81. The molecular weight excluding hydrogens is 331 g/mol. The zero-order chi connectivity index (χ0) is 17.4. The van der Waals surface area contributed by atoms with Gasteiger partial charge in [-0.1, -0.05) is 11.2 Å². The van der Waals surface area contributed by atoms with Gasteiger partial charge in [0.25, 0.3) is 0 Å². The Labute approximate surface area is 144 Å². The molecular formula is C18H20F3N3O. The molecule has 2 aromatic rings. The molecule has 7 heteroatoms. The van der Waals surface area contributed by atoms with Crippen LogP contribution in [0.25, 0.3) is 0 Å². The lowest BCUT2D eigenvalue weighted by atomic mass is 10.1. The fourth-order valence-electron chi connectivity index (χ4n) is 3.24. The molecule has 1 aromatic carbocycles. The fraction of sp³-hybridized carbons (Fsp3) is 0.500. The van der Waals surface area contributed by atoms with Gasteiger partial charge < -0.3 is 9.42 Å². The summed E-state index contributed by atoms with van der Waals surface area (Å²) in [5.74, 6) is 1.54. The molecule has 25 heavy (non-hydrogen) atoms. The van der Waals surface area contributed by atoms with Gasteiger partial charge in [0.05, 0.1) is 11.3 Å². The first-order chi connectivity index (χ1) is 12.0. The number of benzene rings is 1. The van der Waals surface area contributed by atoms with Gasteiger partial charge in [0.15, 0.2) is 0 Å². The number of alkyl halides is 3. The maximum absolute atomic E-state index is 12.9. The first kappa shape index (κ1) is 16.4. The summed E-state index contributed by atoms with van der Waals surface area (Å²) in [5.41, 5.74) is 0.976. The van der Waals surface area contributed by atoms with Crippen LogP contribution in [0.3, 0.4) is 0 Å². The Morgan fingerprint density at radius 1 is 1.08 bits per heavy atom. The lowest BCUT2D eigenvalue weighted by Crippen LogP contribution is -2.46. The van der Waals surface area contributed by atoms with Crippen LogP contribution in [-0.4, -0.2) is 36.2 Å². The van der Waals surface area contributed by atoms with Gasteiger partial charge in [-0.3, -0.25) is 4.90 Å². The van der Waals surface area contributed by atoms with Crippen LogP contribution in [0.5, 0.6) is 0 Å². The molecule has 2 heterocycles. The molecule has 4 rings (SSSR count). The summed E-state index contributed by atoms with van der Waals surface area (Å²) >= 11 is 0. The number of aromatic nitrogens is 1. The fourth-order valence-corrected chi connectivity index (χ4v) is 3.24. The SMILES string of the molecule is FC(F)(F)c1cccc(N2CCN(Cc3cc(C4CC4)on3)CC2)c1. The van der Waals surface area contributed by atoms with Crippen molar-refractivity contribution in [1.29, 1.82) is 0 Å². The maximum atomic E-state index is 12.9. The lowest BCUT2D eigenvalue weighted by Gasteiger charge is -2.35. The van der Waals surface area contributed by atoms with Gasteiger partial charge in [-0.15, -0.1) is 0 Å². The van der Waals surface area contributed by atoms with Crippen molar-refractivity contribution in [3.8, 4) is 0 Å². The van der Waals surface area contributed by atoms with E-state index in [4.69, 9.17) is 4.52 Å². The monoisotopic (exact) mass is 351 g/mol. The van der Waals surface area contributed by atoms with Crippen molar-refractivity contribution in [2.75, 3.05) is 31.1 Å². The van der Waals surface area contributed by atoms with Gasteiger partial charge in [0.1, 0.15) is 5.76 Å². The smallest absolute Gasteiger partial charge is 0.369 e. The molecule has 0 atom stereocenters. The van der Waals surface area contributed by atoms with E-state index in [2.05, 4.69) is 10.1 Å². The zero-order valence-electron chi connectivity index (χ0n) is 13.8. The molecule has 0 unspecified atom stereocenters. The number of piperazine rings is 1. The highest BCUT2D eigenvalue weighted by Gasteiger charge is 2.31. The number of halogens is 3. The number of anilines is 1. The van der Waals surface area contributed by atoms with Crippen LogP contribution in [0.4, 0.5) is 18.9 Å². The second-order valence-corrected chi connectivity index (χ2v) is 6.81. The predicted octanol–water partition coefficient (Wildman–Crippen LogP) is 3.89. The van der Waals surface area contributed by atoms with E-state index < -0.39 is 11.7 Å². The van der Waals surface area contributed by atoms with Crippen molar-refractivity contribution in [2.45, 2.75) is 31.5 Å². The number of hydrogen-bond acceptors (Lipinski definition) is 4. The Morgan fingerprint density at radius 3 is 2.52 bits per heavy atom. The van der Waals surface area contributed by atoms with Gasteiger partial charge in [0.2, 0.25) is 0 Å². The Hall–Kier alpha value is -2.02. The van der Waals surface area contributed by atoms with Gasteiger partial charge in [0, 0.05) is 50.4 Å². The van der Waals surface area contributed by atoms with E-state index >= 15 is 0 Å². The van der Waals surface area contributed by atoms with Crippen LogP contribution in [0.1, 0.15) is 35.8 Å². The summed E-state index contributed by atoms with van der Waals surface area (Å²) in [5, 5.41) is 4.13. The largest absolute Gasteiger partial charge is 0.416 e. The Morgan fingerprint density at radius 2 is 1.84 bits per heavy atom. The Balaban J connectivity index is 1.34. The summed E-state index contributed by atoms with van der Waals surface area (Å²) in [6.07, 6.45) is -1.93. The lowest BCUT2D eigenvalue weighted by molar-refractivity contribution is -0.137. The topological polar surface area (TPSA) is 32.5 Å². The van der Waals surface area contributed by atoms with E-state index in [1.54, 1.807) is 6.07 Å². The molecule has 0 bridgehead atoms. The minimum Gasteiger partial charge on any atom is -0.369 e. The van der Waals surface area contributed by atoms with Gasteiger partial charge in [-0.2, -0.15) is 13.2 Å². The number of hydrogen-bond donors (Lipinski definition) is 0. The highest BCUT2D eigenvalue weighted by atomic mass is 19.4. The average molecular weight is 351 g/mol. The summed E-state index contributed by atoms with van der Waals surface area (Å²) in [4.78, 5) is 4.27. The average Bonchev–Trinajstić information content (AvgIpc) is 3.35. The molecule has 1 saturated heterocycles. The first-order valence-electron chi connectivity index (χ1n) is 8.59. The molecule has 1 aromatic heterocycles. The summed E-state index contributed by atoms with van der Waals surface area (Å²) in [6.45, 7) is 3.72. The molecule has 0 spiro atoms. The molecule has 0 N–H and O–H groups in total. The van der Waals surface area contributed by atoms with Crippen LogP contribution >= 0.6 is 0 Å². The molecule has 0 amide bonds. The molecule has 2 aliphatic rings. The predicted molar refractivity (Wildman–Crippen MR) is 87.4 cm³/mol. The first-order valence-corrected chi connectivity index (χ1v) is 8.59. The molecule has 0 radical (unpaired) electrons. The van der Waals surface area contributed by atoms with Gasteiger partial charge in [-0.05, 0) is 31.0 Å². The van der Waals surface area contributed by atoms with Crippen molar-refractivity contribution >= 4 is 5.69 Å². The molecule has 1 saturated carbocycles. The third-order valence-corrected chi connectivity index (χ3v) is 4.85. The van der Waals surface area contributed by atoms with Gasteiger partial charge >= 0.3 is 6.18 Å². The van der Waals surface area contributed by atoms with E-state index in [1.807, 2.05) is 11.0 Å². The highest BCUT2D eigenvalue weighted by molar-refractivity contribution is 5.49. The molecule has 4 nitrogen and oxygen atoms in total. The van der Waals surface area contributed by atoms with Crippen molar-refractivity contribution in [3.63, 3.8) is 0 Å². The van der Waals surface area contributed by atoms with Crippen molar-refractivity contribution in [1.82, 2.24) is 10.1 Å². The third kappa shape index (κ3) is 3.81. The second kappa shape index (κ2) is 6.37. The van der Waals surface area contributed by atoms with Crippen LogP contribution in [-0.2, 0) is 12.7 Å². The van der Waals surface area contributed by atoms with E-state index in [0.717, 1.165) is 37.2 Å². The van der Waals surface area contributed by atoms with Crippen molar-refractivity contribution in [2.24, 2.45) is 0 Å². The summed E-state index contributed by atoms with van der Waals surface area (Å²) < 4.78 is 44.0. The maximum Gasteiger partial charge on any atom is 0.416 e. The Bertz CT molecular complexity index is 731. The minimum atomic E-state index is -4.30. The van der Waals surface area contributed by atoms with Crippen LogP contribution in [0.2, 0.25) is 0 Å². The van der Waals surface area contributed by atoms with Crippen LogP contribution < -0.4 is 4.90 Å². The normalized spacial score (nSPS) is 19.4. The number of nitrogens with zero attached hydrogens (tertiary/aromatic N) is 3. The Kier molecular flexibility index (Phi) is 4.19. The third-order valence-electron chi connectivity index (χ3n) is 4.85. The summed E-state index contributed by atoms with van der Waals surface area (Å²) in [7, 11) is 0. The van der Waals surface area contributed by atoms with Crippen molar-refractivity contribution < 1.29 is 17.7 Å². The van der Waals surface area contributed by atoms with E-state index in [9.17, 15) is 13.2 Å². The van der Waals surface area contributed by atoms with Crippen LogP contribution in [0, 0.1) is 0 Å². The van der Waals surface area contributed by atoms with E-state index in [1.165, 1.54) is 25.0 Å². The zero-order valence-corrected chi connectivity index (χ0v) is 13.8.